The van der Waals surface area contributed by atoms with Gasteiger partial charge in [0.15, 0.2) is 0 Å². The summed E-state index contributed by atoms with van der Waals surface area (Å²) in [6.45, 7) is 0. The third-order valence-corrected chi connectivity index (χ3v) is 3.75. The van der Waals surface area contributed by atoms with Gasteiger partial charge in [-0.1, -0.05) is 24.3 Å². The summed E-state index contributed by atoms with van der Waals surface area (Å²) in [7, 11) is -3.30. The number of benzene rings is 1. The summed E-state index contributed by atoms with van der Waals surface area (Å²) in [5.41, 5.74) is 2.72. The lowest BCUT2D eigenvalue weighted by molar-refractivity contribution is 0.531. The van der Waals surface area contributed by atoms with Crippen LogP contribution in [0.1, 0.15) is 17.5 Å². The van der Waals surface area contributed by atoms with Gasteiger partial charge in [0.25, 0.3) is 0 Å². The zero-order chi connectivity index (χ0) is 10.9. The van der Waals surface area contributed by atoms with Crippen molar-refractivity contribution >= 4 is 10.0 Å². The van der Waals surface area contributed by atoms with E-state index in [1.807, 2.05) is 12.1 Å². The SMILES string of the molecule is NS(=O)(=O)CCC1Cc2ccccc2C1. The summed E-state index contributed by atoms with van der Waals surface area (Å²) in [6.07, 6.45) is 2.66. The molecule has 0 heterocycles. The van der Waals surface area contributed by atoms with E-state index in [1.165, 1.54) is 11.1 Å². The zero-order valence-electron chi connectivity index (χ0n) is 8.52. The van der Waals surface area contributed by atoms with Gasteiger partial charge in [0.1, 0.15) is 0 Å². The summed E-state index contributed by atoms with van der Waals surface area (Å²) in [4.78, 5) is 0. The highest BCUT2D eigenvalue weighted by Crippen LogP contribution is 2.28. The molecule has 82 valence electrons. The molecule has 1 aromatic rings. The number of nitrogens with two attached hydrogens (primary N) is 1. The molecule has 1 aromatic carbocycles. The molecule has 0 aliphatic heterocycles. The van der Waals surface area contributed by atoms with Crippen molar-refractivity contribution in [2.24, 2.45) is 11.1 Å². The Morgan fingerprint density at radius 2 is 1.73 bits per heavy atom. The lowest BCUT2D eigenvalue weighted by Crippen LogP contribution is -2.19. The van der Waals surface area contributed by atoms with E-state index in [9.17, 15) is 8.42 Å². The molecule has 0 radical (unpaired) electrons. The molecule has 2 rings (SSSR count). The number of hydrogen-bond donors (Lipinski definition) is 1. The average Bonchev–Trinajstić information content (AvgIpc) is 2.56. The maximum absolute atomic E-state index is 10.8. The average molecular weight is 225 g/mol. The fourth-order valence-corrected chi connectivity index (χ4v) is 2.85. The van der Waals surface area contributed by atoms with E-state index >= 15 is 0 Å². The van der Waals surface area contributed by atoms with Crippen LogP contribution in [0.4, 0.5) is 0 Å². The Morgan fingerprint density at radius 3 is 2.20 bits per heavy atom. The quantitative estimate of drug-likeness (QED) is 0.836. The van der Waals surface area contributed by atoms with Crippen molar-refractivity contribution in [3.8, 4) is 0 Å². The van der Waals surface area contributed by atoms with Crippen LogP contribution in [-0.2, 0) is 22.9 Å². The van der Waals surface area contributed by atoms with Crippen molar-refractivity contribution < 1.29 is 8.42 Å². The summed E-state index contributed by atoms with van der Waals surface area (Å²) < 4.78 is 21.7. The first-order valence-corrected chi connectivity index (χ1v) is 6.83. The second kappa shape index (κ2) is 3.94. The van der Waals surface area contributed by atoms with Crippen LogP contribution in [0.5, 0.6) is 0 Å². The molecule has 0 aromatic heterocycles. The highest BCUT2D eigenvalue weighted by Gasteiger charge is 2.21. The normalized spacial score (nSPS) is 16.6. The smallest absolute Gasteiger partial charge is 0.209 e. The molecule has 1 aliphatic carbocycles. The van der Waals surface area contributed by atoms with Crippen LogP contribution in [0.3, 0.4) is 0 Å². The number of sulfonamides is 1. The van der Waals surface area contributed by atoms with Crippen LogP contribution in [0.15, 0.2) is 24.3 Å². The van der Waals surface area contributed by atoms with E-state index in [0.717, 1.165) is 12.8 Å². The molecule has 0 saturated heterocycles. The molecular formula is C11H15NO2S. The largest absolute Gasteiger partial charge is 0.229 e. The van der Waals surface area contributed by atoms with E-state index in [1.54, 1.807) is 0 Å². The molecule has 15 heavy (non-hydrogen) atoms. The van der Waals surface area contributed by atoms with Crippen LogP contribution in [0, 0.1) is 5.92 Å². The fourth-order valence-electron chi connectivity index (χ4n) is 2.19. The monoisotopic (exact) mass is 225 g/mol. The zero-order valence-corrected chi connectivity index (χ0v) is 9.33. The van der Waals surface area contributed by atoms with E-state index in [2.05, 4.69) is 12.1 Å². The van der Waals surface area contributed by atoms with Crippen molar-refractivity contribution in [3.63, 3.8) is 0 Å². The Hall–Kier alpha value is -0.870. The Bertz CT molecular complexity index is 428. The van der Waals surface area contributed by atoms with Crippen molar-refractivity contribution in [1.82, 2.24) is 0 Å². The van der Waals surface area contributed by atoms with Gasteiger partial charge in [0.2, 0.25) is 10.0 Å². The van der Waals surface area contributed by atoms with E-state index in [4.69, 9.17) is 5.14 Å². The standard InChI is InChI=1S/C11H15NO2S/c12-15(13,14)6-5-9-7-10-3-1-2-4-11(10)8-9/h1-4,9H,5-8H2,(H2,12,13,14). The van der Waals surface area contributed by atoms with Crippen molar-refractivity contribution in [3.05, 3.63) is 35.4 Å². The van der Waals surface area contributed by atoms with Gasteiger partial charge in [-0.15, -0.1) is 0 Å². The summed E-state index contributed by atoms with van der Waals surface area (Å²) in [6, 6.07) is 8.29. The molecule has 0 fully saturated rings. The molecule has 1 aliphatic rings. The molecule has 0 amide bonds. The van der Waals surface area contributed by atoms with Gasteiger partial charge in [0, 0.05) is 0 Å². The van der Waals surface area contributed by atoms with Gasteiger partial charge < -0.3 is 0 Å². The van der Waals surface area contributed by atoms with Crippen molar-refractivity contribution in [1.29, 1.82) is 0 Å². The Balaban J connectivity index is 1.96. The first kappa shape index (κ1) is 10.6. The first-order chi connectivity index (χ1) is 7.04. The van der Waals surface area contributed by atoms with Gasteiger partial charge >= 0.3 is 0 Å². The third-order valence-electron chi connectivity index (χ3n) is 2.95. The van der Waals surface area contributed by atoms with Gasteiger partial charge in [-0.2, -0.15) is 0 Å². The van der Waals surface area contributed by atoms with Gasteiger partial charge in [-0.25, -0.2) is 13.6 Å². The van der Waals surface area contributed by atoms with Crippen LogP contribution in [-0.4, -0.2) is 14.2 Å². The van der Waals surface area contributed by atoms with E-state index in [-0.39, 0.29) is 5.75 Å². The van der Waals surface area contributed by atoms with Gasteiger partial charge in [-0.05, 0) is 36.3 Å². The number of hydrogen-bond acceptors (Lipinski definition) is 2. The maximum atomic E-state index is 10.8. The molecule has 4 heteroatoms. The fraction of sp³-hybridized carbons (Fsp3) is 0.455. The molecular weight excluding hydrogens is 210 g/mol. The minimum Gasteiger partial charge on any atom is -0.229 e. The number of rotatable bonds is 3. The molecule has 0 spiro atoms. The summed E-state index contributed by atoms with van der Waals surface area (Å²) >= 11 is 0. The highest BCUT2D eigenvalue weighted by atomic mass is 32.2. The Labute approximate surface area is 90.4 Å². The summed E-state index contributed by atoms with van der Waals surface area (Å²) in [5, 5.41) is 4.99. The lowest BCUT2D eigenvalue weighted by atomic mass is 10.0. The second-order valence-electron chi connectivity index (χ2n) is 4.20. The number of fused-ring (bicyclic) bond motifs is 1. The Kier molecular flexibility index (Phi) is 2.80. The Morgan fingerprint density at radius 1 is 1.20 bits per heavy atom. The van der Waals surface area contributed by atoms with Crippen molar-refractivity contribution in [2.75, 3.05) is 5.75 Å². The van der Waals surface area contributed by atoms with Crippen molar-refractivity contribution in [2.45, 2.75) is 19.3 Å². The predicted octanol–water partition coefficient (Wildman–Crippen LogP) is 1.08. The van der Waals surface area contributed by atoms with E-state index < -0.39 is 10.0 Å². The van der Waals surface area contributed by atoms with Crippen LogP contribution < -0.4 is 5.14 Å². The summed E-state index contributed by atoms with van der Waals surface area (Å²) in [5.74, 6) is 0.548. The second-order valence-corrected chi connectivity index (χ2v) is 5.93. The van der Waals surface area contributed by atoms with Crippen LogP contribution in [0.25, 0.3) is 0 Å². The molecule has 0 saturated carbocycles. The third kappa shape index (κ3) is 2.79. The van der Waals surface area contributed by atoms with Crippen LogP contribution >= 0.6 is 0 Å². The van der Waals surface area contributed by atoms with Crippen LogP contribution in [0.2, 0.25) is 0 Å². The molecule has 2 N–H and O–H groups in total. The minimum atomic E-state index is -3.30. The lowest BCUT2D eigenvalue weighted by Gasteiger charge is -2.06. The number of primary sulfonamides is 1. The highest BCUT2D eigenvalue weighted by molar-refractivity contribution is 7.89. The molecule has 0 bridgehead atoms. The maximum Gasteiger partial charge on any atom is 0.209 e. The van der Waals surface area contributed by atoms with E-state index in [0.29, 0.717) is 12.3 Å². The van der Waals surface area contributed by atoms with Gasteiger partial charge in [0.05, 0.1) is 5.75 Å². The minimum absolute atomic E-state index is 0.103. The predicted molar refractivity (Wildman–Crippen MR) is 59.9 cm³/mol. The first-order valence-electron chi connectivity index (χ1n) is 5.12. The molecule has 0 atom stereocenters. The van der Waals surface area contributed by atoms with Gasteiger partial charge in [-0.3, -0.25) is 0 Å². The molecule has 0 unspecified atom stereocenters. The molecule has 3 nitrogen and oxygen atoms in total. The topological polar surface area (TPSA) is 60.2 Å².